The predicted octanol–water partition coefficient (Wildman–Crippen LogP) is 3.45. The monoisotopic (exact) mass is 398 g/mol. The topological polar surface area (TPSA) is 55.2 Å². The largest absolute Gasteiger partial charge is 0.497 e. The van der Waals surface area contributed by atoms with Gasteiger partial charge in [0.1, 0.15) is 23.9 Å². The summed E-state index contributed by atoms with van der Waals surface area (Å²) in [5.41, 5.74) is 0.866. The molecular formula is C23H30N2O4. The summed E-state index contributed by atoms with van der Waals surface area (Å²) in [6, 6.07) is 12.0. The van der Waals surface area contributed by atoms with Crippen LogP contribution in [-0.2, 0) is 29.2 Å². The second-order valence-electron chi connectivity index (χ2n) is 8.22. The molecule has 0 N–H and O–H groups in total. The number of hydrogen-bond donors (Lipinski definition) is 0. The molecule has 156 valence electrons. The van der Waals surface area contributed by atoms with Crippen LogP contribution in [0.15, 0.2) is 40.8 Å². The maximum Gasteiger partial charge on any atom is 0.230 e. The Balaban J connectivity index is 1.40. The highest BCUT2D eigenvalue weighted by Crippen LogP contribution is 2.41. The summed E-state index contributed by atoms with van der Waals surface area (Å²) >= 11 is 0. The zero-order valence-corrected chi connectivity index (χ0v) is 17.4. The van der Waals surface area contributed by atoms with Crippen molar-refractivity contribution in [3.63, 3.8) is 0 Å². The third-order valence-electron chi connectivity index (χ3n) is 6.15. The number of amides is 1. The standard InChI is InChI=1S/C23H30N2O4/c1-27-16-21-8-7-20(29-21)15-24-12-10-23(17-24)9-4-11-25(22(23)26)14-18-5-3-6-19(13-18)28-2/h3,5-8,13H,4,9-12,14-17H2,1-2H3. The lowest BCUT2D eigenvalue weighted by molar-refractivity contribution is -0.146. The van der Waals surface area contributed by atoms with Gasteiger partial charge in [-0.1, -0.05) is 12.1 Å². The minimum absolute atomic E-state index is 0.251. The van der Waals surface area contributed by atoms with Gasteiger partial charge in [0.05, 0.1) is 19.1 Å². The first-order valence-corrected chi connectivity index (χ1v) is 10.3. The van der Waals surface area contributed by atoms with Crippen LogP contribution < -0.4 is 4.74 Å². The van der Waals surface area contributed by atoms with Crippen molar-refractivity contribution in [2.24, 2.45) is 5.41 Å². The molecule has 2 fully saturated rings. The molecular weight excluding hydrogens is 368 g/mol. The lowest BCUT2D eigenvalue weighted by atomic mass is 9.78. The molecule has 4 rings (SSSR count). The van der Waals surface area contributed by atoms with Gasteiger partial charge in [-0.2, -0.15) is 0 Å². The summed E-state index contributed by atoms with van der Waals surface area (Å²) in [5.74, 6) is 2.91. The number of likely N-dealkylation sites (tertiary alicyclic amines) is 2. The molecule has 0 radical (unpaired) electrons. The van der Waals surface area contributed by atoms with Gasteiger partial charge in [0.15, 0.2) is 0 Å². The number of ether oxygens (including phenoxy) is 2. The molecule has 1 amide bonds. The molecule has 0 bridgehead atoms. The fourth-order valence-electron chi connectivity index (χ4n) is 4.71. The minimum Gasteiger partial charge on any atom is -0.497 e. The summed E-state index contributed by atoms with van der Waals surface area (Å²) < 4.78 is 16.3. The van der Waals surface area contributed by atoms with Crippen molar-refractivity contribution >= 4 is 5.91 Å². The third kappa shape index (κ3) is 4.33. The Hall–Kier alpha value is -2.31. The molecule has 0 saturated carbocycles. The summed E-state index contributed by atoms with van der Waals surface area (Å²) in [6.07, 6.45) is 2.96. The normalized spacial score (nSPS) is 22.6. The van der Waals surface area contributed by atoms with Gasteiger partial charge >= 0.3 is 0 Å². The van der Waals surface area contributed by atoms with E-state index in [-0.39, 0.29) is 5.41 Å². The molecule has 1 unspecified atom stereocenters. The number of nitrogens with zero attached hydrogens (tertiary/aromatic N) is 2. The van der Waals surface area contributed by atoms with E-state index >= 15 is 0 Å². The zero-order valence-electron chi connectivity index (χ0n) is 17.4. The zero-order chi connectivity index (χ0) is 20.3. The van der Waals surface area contributed by atoms with E-state index in [0.717, 1.165) is 68.3 Å². The molecule has 1 aromatic carbocycles. The summed E-state index contributed by atoms with van der Waals surface area (Å²) in [4.78, 5) is 17.8. The van der Waals surface area contributed by atoms with Gasteiger partial charge < -0.3 is 18.8 Å². The van der Waals surface area contributed by atoms with Crippen molar-refractivity contribution in [1.82, 2.24) is 9.80 Å². The van der Waals surface area contributed by atoms with Crippen LogP contribution in [0.2, 0.25) is 0 Å². The molecule has 1 atom stereocenters. The summed E-state index contributed by atoms with van der Waals surface area (Å²) in [5, 5.41) is 0. The van der Waals surface area contributed by atoms with Gasteiger partial charge in [0, 0.05) is 26.7 Å². The van der Waals surface area contributed by atoms with Crippen molar-refractivity contribution < 1.29 is 18.7 Å². The third-order valence-corrected chi connectivity index (χ3v) is 6.15. The molecule has 29 heavy (non-hydrogen) atoms. The minimum atomic E-state index is -0.251. The van der Waals surface area contributed by atoms with E-state index in [9.17, 15) is 4.79 Å². The number of hydrogen-bond acceptors (Lipinski definition) is 5. The molecule has 1 spiro atoms. The smallest absolute Gasteiger partial charge is 0.230 e. The first-order chi connectivity index (χ1) is 14.1. The Morgan fingerprint density at radius 3 is 2.76 bits per heavy atom. The Kier molecular flexibility index (Phi) is 5.92. The summed E-state index contributed by atoms with van der Waals surface area (Å²) in [6.45, 7) is 4.45. The fourth-order valence-corrected chi connectivity index (χ4v) is 4.71. The van der Waals surface area contributed by atoms with Gasteiger partial charge in [0.2, 0.25) is 5.91 Å². The Morgan fingerprint density at radius 1 is 1.07 bits per heavy atom. The second kappa shape index (κ2) is 8.59. The number of furan rings is 1. The van der Waals surface area contributed by atoms with E-state index in [1.54, 1.807) is 14.2 Å². The number of carbonyl (C=O) groups excluding carboxylic acids is 1. The van der Waals surface area contributed by atoms with E-state index in [2.05, 4.69) is 11.0 Å². The van der Waals surface area contributed by atoms with E-state index < -0.39 is 0 Å². The van der Waals surface area contributed by atoms with E-state index in [1.807, 2.05) is 35.2 Å². The van der Waals surface area contributed by atoms with Crippen LogP contribution in [0.25, 0.3) is 0 Å². The van der Waals surface area contributed by atoms with E-state index in [4.69, 9.17) is 13.9 Å². The highest BCUT2D eigenvalue weighted by atomic mass is 16.5. The number of methoxy groups -OCH3 is 2. The lowest BCUT2D eigenvalue weighted by Crippen LogP contribution is -2.49. The van der Waals surface area contributed by atoms with Crippen molar-refractivity contribution in [2.45, 2.75) is 39.0 Å². The number of benzene rings is 1. The highest BCUT2D eigenvalue weighted by Gasteiger charge is 2.48. The van der Waals surface area contributed by atoms with Crippen molar-refractivity contribution in [3.05, 3.63) is 53.5 Å². The predicted molar refractivity (Wildman–Crippen MR) is 109 cm³/mol. The molecule has 2 saturated heterocycles. The maximum absolute atomic E-state index is 13.4. The average molecular weight is 399 g/mol. The van der Waals surface area contributed by atoms with Crippen molar-refractivity contribution in [1.29, 1.82) is 0 Å². The quantitative estimate of drug-likeness (QED) is 0.715. The van der Waals surface area contributed by atoms with Crippen LogP contribution in [0.1, 0.15) is 36.3 Å². The highest BCUT2D eigenvalue weighted by molar-refractivity contribution is 5.84. The maximum atomic E-state index is 13.4. The van der Waals surface area contributed by atoms with Crippen LogP contribution in [-0.4, -0.2) is 49.6 Å². The van der Waals surface area contributed by atoms with Crippen LogP contribution in [0.3, 0.4) is 0 Å². The summed E-state index contributed by atoms with van der Waals surface area (Å²) in [7, 11) is 3.34. The molecule has 3 heterocycles. The molecule has 2 aliphatic heterocycles. The number of carbonyl (C=O) groups is 1. The molecule has 6 heteroatoms. The molecule has 2 aliphatic rings. The van der Waals surface area contributed by atoms with Crippen molar-refractivity contribution in [2.75, 3.05) is 33.9 Å². The van der Waals surface area contributed by atoms with Gasteiger partial charge in [-0.25, -0.2) is 0 Å². The van der Waals surface area contributed by atoms with E-state index in [1.165, 1.54) is 0 Å². The van der Waals surface area contributed by atoms with E-state index in [0.29, 0.717) is 19.1 Å². The van der Waals surface area contributed by atoms with Crippen LogP contribution in [0.4, 0.5) is 0 Å². The van der Waals surface area contributed by atoms with Crippen LogP contribution >= 0.6 is 0 Å². The van der Waals surface area contributed by atoms with Gasteiger partial charge in [0.25, 0.3) is 0 Å². The van der Waals surface area contributed by atoms with Crippen molar-refractivity contribution in [3.8, 4) is 5.75 Å². The SMILES string of the molecule is COCc1ccc(CN2CCC3(CCCN(Cc4cccc(OC)c4)C3=O)C2)o1. The number of piperidine rings is 1. The first kappa shape index (κ1) is 20.0. The Bertz CT molecular complexity index is 849. The lowest BCUT2D eigenvalue weighted by Gasteiger charge is -2.39. The molecule has 2 aromatic rings. The number of rotatable bonds is 7. The molecule has 0 aliphatic carbocycles. The van der Waals surface area contributed by atoms with Crippen LogP contribution in [0, 0.1) is 5.41 Å². The fraction of sp³-hybridized carbons (Fsp3) is 0.522. The van der Waals surface area contributed by atoms with Gasteiger partial charge in [-0.05, 0) is 55.6 Å². The first-order valence-electron chi connectivity index (χ1n) is 10.3. The second-order valence-corrected chi connectivity index (χ2v) is 8.22. The Labute approximate surface area is 172 Å². The van der Waals surface area contributed by atoms with Gasteiger partial charge in [-0.3, -0.25) is 9.69 Å². The van der Waals surface area contributed by atoms with Gasteiger partial charge in [-0.15, -0.1) is 0 Å². The van der Waals surface area contributed by atoms with Crippen LogP contribution in [0.5, 0.6) is 5.75 Å². The Morgan fingerprint density at radius 2 is 1.93 bits per heavy atom. The average Bonchev–Trinajstić information content (AvgIpc) is 3.34. The molecule has 1 aromatic heterocycles. The molecule has 6 nitrogen and oxygen atoms in total.